The van der Waals surface area contributed by atoms with E-state index in [9.17, 15) is 4.39 Å². The third kappa shape index (κ3) is 7.84. The number of hydrogen-bond acceptors (Lipinski definition) is 1. The van der Waals surface area contributed by atoms with Crippen molar-refractivity contribution in [3.05, 3.63) is 23.0 Å². The van der Waals surface area contributed by atoms with Crippen molar-refractivity contribution in [2.45, 2.75) is 66.7 Å². The number of allylic oxidation sites excluding steroid dienone is 4. The quantitative estimate of drug-likeness (QED) is 0.264. The van der Waals surface area contributed by atoms with E-state index in [2.05, 4.69) is 25.8 Å². The first kappa shape index (κ1) is 19.4. The fraction of sp³-hybridized carbons (Fsp3) is 0.706. The molecule has 0 aliphatic rings. The van der Waals surface area contributed by atoms with E-state index >= 15 is 0 Å². The molecule has 0 aromatic carbocycles. The van der Waals surface area contributed by atoms with Crippen LogP contribution in [-0.2, 0) is 0 Å². The second-order valence-electron chi connectivity index (χ2n) is 5.60. The smallest absolute Gasteiger partial charge is 0.133 e. The molecule has 0 spiro atoms. The zero-order valence-electron chi connectivity index (χ0n) is 13.6. The van der Waals surface area contributed by atoms with Crippen LogP contribution in [0, 0.1) is 5.92 Å². The van der Waals surface area contributed by atoms with Crippen LogP contribution in [0.5, 0.6) is 0 Å². The third-order valence-electron chi connectivity index (χ3n) is 3.22. The molecule has 0 saturated heterocycles. The number of rotatable bonds is 9. The Hall–Kier alpha value is -0.630. The van der Waals surface area contributed by atoms with Gasteiger partial charge in [0.1, 0.15) is 11.0 Å². The Kier molecular flexibility index (Phi) is 10.7. The van der Waals surface area contributed by atoms with Gasteiger partial charge in [0.05, 0.1) is 0 Å². The first-order valence-electron chi connectivity index (χ1n) is 7.66. The number of hydrogen-bond donors (Lipinski definition) is 0. The molecule has 0 rings (SSSR count). The van der Waals surface area contributed by atoms with Gasteiger partial charge in [-0.1, -0.05) is 50.4 Å². The largest absolute Gasteiger partial charge is 0.273 e. The van der Waals surface area contributed by atoms with Crippen molar-refractivity contribution in [1.82, 2.24) is 0 Å². The lowest BCUT2D eigenvalue weighted by molar-refractivity contribution is 0.562. The van der Waals surface area contributed by atoms with Gasteiger partial charge in [-0.2, -0.15) is 0 Å². The predicted octanol–water partition coefficient (Wildman–Crippen LogP) is 6.44. The molecule has 0 aliphatic carbocycles. The fourth-order valence-electron chi connectivity index (χ4n) is 1.95. The van der Waals surface area contributed by atoms with Crippen LogP contribution < -0.4 is 0 Å². The van der Waals surface area contributed by atoms with Crippen LogP contribution in [0.2, 0.25) is 0 Å². The van der Waals surface area contributed by atoms with Crippen LogP contribution in [0.15, 0.2) is 28.0 Å². The Labute approximate surface area is 129 Å². The maximum Gasteiger partial charge on any atom is 0.133 e. The lowest BCUT2D eigenvalue weighted by Gasteiger charge is -2.09. The molecule has 0 radical (unpaired) electrons. The molecule has 0 bridgehead atoms. The van der Waals surface area contributed by atoms with E-state index < -0.39 is 0 Å². The molecular weight excluding hydrogens is 273 g/mol. The summed E-state index contributed by atoms with van der Waals surface area (Å²) in [5.74, 6) is 0.397. The predicted molar refractivity (Wildman–Crippen MR) is 89.3 cm³/mol. The molecule has 0 amide bonds. The Morgan fingerprint density at radius 2 is 1.95 bits per heavy atom. The van der Waals surface area contributed by atoms with Crippen molar-refractivity contribution >= 4 is 16.8 Å². The minimum atomic E-state index is -0.267. The summed E-state index contributed by atoms with van der Waals surface area (Å²) in [6, 6.07) is 0. The fourth-order valence-corrected chi connectivity index (χ4v) is 2.28. The maximum absolute atomic E-state index is 14.0. The van der Waals surface area contributed by atoms with Crippen molar-refractivity contribution in [2.75, 3.05) is 6.54 Å². The van der Waals surface area contributed by atoms with E-state index in [0.29, 0.717) is 23.2 Å². The number of nitrogens with zero attached hydrogens (tertiary/aromatic N) is 1. The first-order valence-corrected chi connectivity index (χ1v) is 8.04. The van der Waals surface area contributed by atoms with Gasteiger partial charge in [-0.3, -0.25) is 4.99 Å². The zero-order chi connectivity index (χ0) is 15.5. The van der Waals surface area contributed by atoms with E-state index in [1.807, 2.05) is 6.92 Å². The lowest BCUT2D eigenvalue weighted by Crippen LogP contribution is -2.02. The number of aliphatic imine (C=N–C) groups is 1. The van der Waals surface area contributed by atoms with Gasteiger partial charge >= 0.3 is 0 Å². The van der Waals surface area contributed by atoms with Gasteiger partial charge < -0.3 is 0 Å². The minimum absolute atomic E-state index is 0.267. The van der Waals surface area contributed by atoms with Crippen molar-refractivity contribution in [2.24, 2.45) is 10.9 Å². The molecule has 0 N–H and O–H groups in total. The zero-order valence-corrected chi connectivity index (χ0v) is 14.4. The van der Waals surface area contributed by atoms with Gasteiger partial charge in [0, 0.05) is 12.1 Å². The standard InChI is InChI=1S/C17H29ClFN/c1-6-8-11-14(5)16(15(19)7-2)17(18)20-12-9-10-13(3)4/h7,13H,6,8-12H2,1-5H3/b15-7+,16-14+,20-17+. The van der Waals surface area contributed by atoms with Crippen molar-refractivity contribution in [1.29, 1.82) is 0 Å². The molecule has 0 aliphatic heterocycles. The van der Waals surface area contributed by atoms with Gasteiger partial charge in [0.25, 0.3) is 0 Å². The van der Waals surface area contributed by atoms with E-state index in [-0.39, 0.29) is 5.83 Å². The summed E-state index contributed by atoms with van der Waals surface area (Å²) in [5, 5.41) is 0.318. The molecule has 20 heavy (non-hydrogen) atoms. The highest BCUT2D eigenvalue weighted by atomic mass is 35.5. The normalized spacial score (nSPS) is 14.8. The lowest BCUT2D eigenvalue weighted by atomic mass is 10.0. The monoisotopic (exact) mass is 301 g/mol. The Bertz CT molecular complexity index is 367. The molecule has 3 heteroatoms. The second-order valence-corrected chi connectivity index (χ2v) is 5.96. The van der Waals surface area contributed by atoms with E-state index in [4.69, 9.17) is 11.6 Å². The summed E-state index contributed by atoms with van der Waals surface area (Å²) in [6.45, 7) is 10.8. The van der Waals surface area contributed by atoms with Crippen molar-refractivity contribution in [3.8, 4) is 0 Å². The summed E-state index contributed by atoms with van der Waals surface area (Å²) < 4.78 is 14.0. The highest BCUT2D eigenvalue weighted by molar-refractivity contribution is 6.70. The van der Waals surface area contributed by atoms with Gasteiger partial charge in [0.2, 0.25) is 0 Å². The molecule has 0 aromatic rings. The van der Waals surface area contributed by atoms with Crippen LogP contribution in [0.3, 0.4) is 0 Å². The summed E-state index contributed by atoms with van der Waals surface area (Å²) in [6.07, 6.45) is 6.57. The SMILES string of the molecule is C\C=C(F)/C(C(/Cl)=N\CCCC(C)C)=C(/C)CCCC. The molecular formula is C17H29ClFN. The topological polar surface area (TPSA) is 12.4 Å². The van der Waals surface area contributed by atoms with Gasteiger partial charge in [-0.25, -0.2) is 4.39 Å². The van der Waals surface area contributed by atoms with Crippen LogP contribution in [0.25, 0.3) is 0 Å². The summed E-state index contributed by atoms with van der Waals surface area (Å²) in [4.78, 5) is 4.34. The molecule has 116 valence electrons. The molecule has 1 nitrogen and oxygen atoms in total. The van der Waals surface area contributed by atoms with Gasteiger partial charge in [0.15, 0.2) is 0 Å². The first-order chi connectivity index (χ1) is 9.43. The molecule has 0 aromatic heterocycles. The Morgan fingerprint density at radius 3 is 2.45 bits per heavy atom. The Morgan fingerprint density at radius 1 is 1.30 bits per heavy atom. The van der Waals surface area contributed by atoms with Gasteiger partial charge in [-0.15, -0.1) is 0 Å². The van der Waals surface area contributed by atoms with E-state index in [0.717, 1.165) is 37.7 Å². The van der Waals surface area contributed by atoms with Gasteiger partial charge in [-0.05, 0) is 45.4 Å². The highest BCUT2D eigenvalue weighted by Crippen LogP contribution is 2.24. The number of halogens is 2. The van der Waals surface area contributed by atoms with Crippen LogP contribution in [0.4, 0.5) is 4.39 Å². The van der Waals surface area contributed by atoms with E-state index in [1.165, 1.54) is 6.08 Å². The summed E-state index contributed by atoms with van der Waals surface area (Å²) in [5.41, 5.74) is 1.48. The average molecular weight is 302 g/mol. The van der Waals surface area contributed by atoms with Crippen molar-refractivity contribution < 1.29 is 4.39 Å². The average Bonchev–Trinajstić information content (AvgIpc) is 2.41. The summed E-state index contributed by atoms with van der Waals surface area (Å²) in [7, 11) is 0. The van der Waals surface area contributed by atoms with Crippen LogP contribution in [-0.4, -0.2) is 11.7 Å². The molecule has 0 heterocycles. The van der Waals surface area contributed by atoms with Crippen LogP contribution in [0.1, 0.15) is 66.7 Å². The van der Waals surface area contributed by atoms with Crippen LogP contribution >= 0.6 is 11.6 Å². The number of unbranched alkanes of at least 4 members (excludes halogenated alkanes) is 1. The Balaban J connectivity index is 4.90. The minimum Gasteiger partial charge on any atom is -0.273 e. The molecule has 0 saturated carbocycles. The van der Waals surface area contributed by atoms with Crippen molar-refractivity contribution in [3.63, 3.8) is 0 Å². The van der Waals surface area contributed by atoms with E-state index in [1.54, 1.807) is 6.92 Å². The molecule has 0 unspecified atom stereocenters. The summed E-state index contributed by atoms with van der Waals surface area (Å²) >= 11 is 6.22. The second kappa shape index (κ2) is 11.1. The molecule has 0 atom stereocenters. The third-order valence-corrected chi connectivity index (χ3v) is 3.53. The highest BCUT2D eigenvalue weighted by Gasteiger charge is 2.13. The molecule has 0 fully saturated rings. The maximum atomic E-state index is 14.0.